The van der Waals surface area contributed by atoms with Gasteiger partial charge in [-0.1, -0.05) is 48.5 Å². The van der Waals surface area contributed by atoms with Gasteiger partial charge < -0.3 is 19.2 Å². The summed E-state index contributed by atoms with van der Waals surface area (Å²) in [6, 6.07) is 17.5. The topological polar surface area (TPSA) is 72.6 Å². The first-order valence-electron chi connectivity index (χ1n) is 10.8. The van der Waals surface area contributed by atoms with Gasteiger partial charge in [0.05, 0.1) is 19.3 Å². The largest absolute Gasteiger partial charge is 0.460 e. The second kappa shape index (κ2) is 8.11. The molecule has 5 rings (SSSR count). The summed E-state index contributed by atoms with van der Waals surface area (Å²) in [6.07, 6.45) is 0.587. The Labute approximate surface area is 181 Å². The zero-order valence-electron chi connectivity index (χ0n) is 17.9. The molecule has 1 unspecified atom stereocenters. The van der Waals surface area contributed by atoms with Gasteiger partial charge in [-0.25, -0.2) is 0 Å². The zero-order valence-corrected chi connectivity index (χ0v) is 17.9. The van der Waals surface area contributed by atoms with Gasteiger partial charge in [0, 0.05) is 28.9 Å². The summed E-state index contributed by atoms with van der Waals surface area (Å²) >= 11 is 0. The summed E-state index contributed by atoms with van der Waals surface area (Å²) in [6.45, 7) is 5.24. The first-order valence-corrected chi connectivity index (χ1v) is 10.8. The number of rotatable bonds is 4. The second-order valence-corrected chi connectivity index (χ2v) is 8.84. The van der Waals surface area contributed by atoms with Crippen molar-refractivity contribution in [2.75, 3.05) is 13.2 Å². The molecular formula is C25H28N2O4. The van der Waals surface area contributed by atoms with Crippen molar-refractivity contribution in [2.24, 2.45) is 5.92 Å². The monoisotopic (exact) mass is 420 g/mol. The Hall–Kier alpha value is -2.67. The van der Waals surface area contributed by atoms with Crippen LogP contribution in [0.2, 0.25) is 0 Å². The van der Waals surface area contributed by atoms with E-state index in [1.807, 2.05) is 56.3 Å². The van der Waals surface area contributed by atoms with Gasteiger partial charge >= 0.3 is 5.97 Å². The van der Waals surface area contributed by atoms with Crippen LogP contribution in [0.3, 0.4) is 0 Å². The lowest BCUT2D eigenvalue weighted by Crippen LogP contribution is -2.51. The molecule has 2 atom stereocenters. The van der Waals surface area contributed by atoms with Crippen molar-refractivity contribution in [3.8, 4) is 0 Å². The second-order valence-electron chi connectivity index (χ2n) is 8.84. The molecule has 2 aromatic carbocycles. The molecule has 1 fully saturated rings. The molecular weight excluding hydrogens is 392 g/mol. The number of carbonyl (C=O) groups excluding carboxylic acids is 1. The summed E-state index contributed by atoms with van der Waals surface area (Å²) in [7, 11) is 0. The zero-order chi connectivity index (χ0) is 21.4. The van der Waals surface area contributed by atoms with Crippen LogP contribution in [-0.2, 0) is 32.0 Å². The molecule has 3 heterocycles. The van der Waals surface area contributed by atoms with Gasteiger partial charge in [0.25, 0.3) is 0 Å². The standard InChI is InChI=1S/C25H28N2O4/c1-25(2)30-14-17(15-31-25)22-23-19(18-10-6-7-11-20(18)26-23)12-21(27-22)24(28)29-13-16-8-4-3-5-9-16/h3-11,17,21-22,26-27H,12-15H2,1-2H3/t21-,22?/m0/s1. The first kappa shape index (κ1) is 20.2. The van der Waals surface area contributed by atoms with E-state index in [4.69, 9.17) is 14.2 Å². The molecule has 0 saturated carbocycles. The first-order chi connectivity index (χ1) is 15.0. The van der Waals surface area contributed by atoms with Crippen molar-refractivity contribution in [2.45, 2.75) is 44.7 Å². The molecule has 0 amide bonds. The van der Waals surface area contributed by atoms with Crippen LogP contribution in [0, 0.1) is 5.92 Å². The van der Waals surface area contributed by atoms with Crippen molar-refractivity contribution in [3.63, 3.8) is 0 Å². The molecule has 162 valence electrons. The van der Waals surface area contributed by atoms with Crippen LogP contribution >= 0.6 is 0 Å². The van der Waals surface area contributed by atoms with E-state index in [1.165, 1.54) is 5.56 Å². The van der Waals surface area contributed by atoms with E-state index in [1.54, 1.807) is 0 Å². The number of esters is 1. The van der Waals surface area contributed by atoms with Gasteiger partial charge in [0.1, 0.15) is 12.6 Å². The van der Waals surface area contributed by atoms with E-state index in [0.29, 0.717) is 19.6 Å². The summed E-state index contributed by atoms with van der Waals surface area (Å²) in [5, 5.41) is 4.69. The Balaban J connectivity index is 1.40. The van der Waals surface area contributed by atoms with E-state index >= 15 is 0 Å². The minimum absolute atomic E-state index is 0.0819. The van der Waals surface area contributed by atoms with Crippen LogP contribution in [0.25, 0.3) is 10.9 Å². The lowest BCUT2D eigenvalue weighted by Gasteiger charge is -2.41. The van der Waals surface area contributed by atoms with Crippen molar-refractivity contribution in [1.29, 1.82) is 0 Å². The van der Waals surface area contributed by atoms with E-state index in [0.717, 1.165) is 22.2 Å². The average Bonchev–Trinajstić information content (AvgIpc) is 3.16. The minimum Gasteiger partial charge on any atom is -0.460 e. The third-order valence-corrected chi connectivity index (χ3v) is 6.22. The molecule has 31 heavy (non-hydrogen) atoms. The molecule has 0 aliphatic carbocycles. The number of H-pyrrole nitrogens is 1. The van der Waals surface area contributed by atoms with Crippen LogP contribution in [0.5, 0.6) is 0 Å². The van der Waals surface area contributed by atoms with E-state index in [9.17, 15) is 4.79 Å². The third-order valence-electron chi connectivity index (χ3n) is 6.22. The smallest absolute Gasteiger partial charge is 0.323 e. The number of hydrogen-bond acceptors (Lipinski definition) is 5. The van der Waals surface area contributed by atoms with Gasteiger partial charge in [-0.05, 0) is 31.0 Å². The number of hydrogen-bond donors (Lipinski definition) is 2. The molecule has 0 bridgehead atoms. The molecule has 2 aliphatic heterocycles. The van der Waals surface area contributed by atoms with Crippen LogP contribution in [0.15, 0.2) is 54.6 Å². The Kier molecular flexibility index (Phi) is 5.30. The summed E-state index contributed by atoms with van der Waals surface area (Å²) in [5.41, 5.74) is 4.35. The number of aromatic nitrogens is 1. The van der Waals surface area contributed by atoms with E-state index < -0.39 is 11.8 Å². The third kappa shape index (κ3) is 4.11. The molecule has 2 aliphatic rings. The minimum atomic E-state index is -0.581. The highest BCUT2D eigenvalue weighted by Gasteiger charge is 2.41. The quantitative estimate of drug-likeness (QED) is 0.627. The van der Waals surface area contributed by atoms with E-state index in [-0.39, 0.29) is 24.5 Å². The van der Waals surface area contributed by atoms with Gasteiger partial charge in [0.15, 0.2) is 5.79 Å². The summed E-state index contributed by atoms with van der Waals surface area (Å²) in [4.78, 5) is 16.6. The van der Waals surface area contributed by atoms with Gasteiger partial charge in [-0.2, -0.15) is 0 Å². The SMILES string of the molecule is CC1(C)OCC(C2N[C@H](C(=O)OCc3ccccc3)Cc3c2[nH]c2ccccc32)CO1. The molecule has 1 aromatic heterocycles. The van der Waals surface area contributed by atoms with Crippen LogP contribution < -0.4 is 5.32 Å². The Morgan fingerprint density at radius 3 is 2.55 bits per heavy atom. The highest BCUT2D eigenvalue weighted by molar-refractivity contribution is 5.87. The summed E-state index contributed by atoms with van der Waals surface area (Å²) < 4.78 is 17.5. The molecule has 2 N–H and O–H groups in total. The number of carbonyl (C=O) groups is 1. The number of ether oxygens (including phenoxy) is 3. The van der Waals surface area contributed by atoms with Crippen LogP contribution in [0.4, 0.5) is 0 Å². The number of benzene rings is 2. The van der Waals surface area contributed by atoms with Crippen LogP contribution in [0.1, 0.15) is 36.7 Å². The highest BCUT2D eigenvalue weighted by Crippen LogP contribution is 2.38. The maximum atomic E-state index is 13.0. The van der Waals surface area contributed by atoms with Crippen molar-refractivity contribution in [1.82, 2.24) is 10.3 Å². The highest BCUT2D eigenvalue weighted by atomic mass is 16.7. The number of para-hydroxylation sites is 1. The number of aromatic amines is 1. The molecule has 6 heteroatoms. The molecule has 0 radical (unpaired) electrons. The lowest BCUT2D eigenvalue weighted by atomic mass is 9.87. The van der Waals surface area contributed by atoms with Crippen molar-refractivity contribution in [3.05, 3.63) is 71.4 Å². The lowest BCUT2D eigenvalue weighted by molar-refractivity contribution is -0.266. The normalized spacial score (nSPS) is 23.4. The van der Waals surface area contributed by atoms with Gasteiger partial charge in [0.2, 0.25) is 0 Å². The van der Waals surface area contributed by atoms with Crippen molar-refractivity contribution >= 4 is 16.9 Å². The van der Waals surface area contributed by atoms with Gasteiger partial charge in [-0.15, -0.1) is 0 Å². The Morgan fingerprint density at radius 1 is 1.06 bits per heavy atom. The predicted molar refractivity (Wildman–Crippen MR) is 117 cm³/mol. The fraction of sp³-hybridized carbons (Fsp3) is 0.400. The molecule has 6 nitrogen and oxygen atoms in total. The van der Waals surface area contributed by atoms with Crippen LogP contribution in [-0.4, -0.2) is 36.0 Å². The number of fused-ring (bicyclic) bond motifs is 3. The maximum absolute atomic E-state index is 13.0. The van der Waals surface area contributed by atoms with Crippen molar-refractivity contribution < 1.29 is 19.0 Å². The average molecular weight is 421 g/mol. The fourth-order valence-corrected chi connectivity index (χ4v) is 4.52. The molecule has 0 spiro atoms. The summed E-state index contributed by atoms with van der Waals surface area (Å²) in [5.74, 6) is -0.727. The van der Waals surface area contributed by atoms with Gasteiger partial charge in [-0.3, -0.25) is 10.1 Å². The Morgan fingerprint density at radius 2 is 1.77 bits per heavy atom. The molecule has 3 aromatic rings. The maximum Gasteiger partial charge on any atom is 0.323 e. The number of nitrogens with one attached hydrogen (secondary N) is 2. The fourth-order valence-electron chi connectivity index (χ4n) is 4.52. The predicted octanol–water partition coefficient (Wildman–Crippen LogP) is 3.87. The van der Waals surface area contributed by atoms with E-state index in [2.05, 4.69) is 22.4 Å². The molecule has 1 saturated heterocycles. The Bertz CT molecular complexity index is 1070.